The Kier molecular flexibility index (Phi) is 6.60. The lowest BCUT2D eigenvalue weighted by Gasteiger charge is -2.17. The van der Waals surface area contributed by atoms with E-state index in [9.17, 15) is 0 Å². The zero-order chi connectivity index (χ0) is 12.7. The monoisotopic (exact) mass is 299 g/mol. The van der Waals surface area contributed by atoms with Gasteiger partial charge in [-0.3, -0.25) is 0 Å². The zero-order valence-corrected chi connectivity index (χ0v) is 12.5. The van der Waals surface area contributed by atoms with Gasteiger partial charge >= 0.3 is 0 Å². The first-order valence-corrected chi connectivity index (χ1v) is 7.06. The van der Waals surface area contributed by atoms with Crippen LogP contribution in [0.25, 0.3) is 0 Å². The Morgan fingerprint density at radius 1 is 1.35 bits per heavy atom. The molecule has 2 nitrogen and oxygen atoms in total. The molecule has 1 aromatic carbocycles. The Labute approximate surface area is 113 Å². The average molecular weight is 300 g/mol. The molecule has 1 atom stereocenters. The van der Waals surface area contributed by atoms with Crippen LogP contribution < -0.4 is 10.1 Å². The van der Waals surface area contributed by atoms with E-state index in [4.69, 9.17) is 4.74 Å². The maximum absolute atomic E-state index is 5.23. The first-order valence-electron chi connectivity index (χ1n) is 6.27. The molecule has 0 spiro atoms. The minimum atomic E-state index is 0.565. The maximum Gasteiger partial charge on any atom is 0.133 e. The number of hydrogen-bond donors (Lipinski definition) is 1. The summed E-state index contributed by atoms with van der Waals surface area (Å²) in [5, 5.41) is 3.57. The molecule has 0 aliphatic rings. The van der Waals surface area contributed by atoms with Gasteiger partial charge in [-0.25, -0.2) is 0 Å². The SMILES string of the molecule is CCCNC(CC)Cc1ccc(OC)c(Br)c1. The van der Waals surface area contributed by atoms with E-state index in [2.05, 4.69) is 47.2 Å². The van der Waals surface area contributed by atoms with E-state index in [-0.39, 0.29) is 0 Å². The van der Waals surface area contributed by atoms with Crippen molar-refractivity contribution in [3.8, 4) is 5.75 Å². The van der Waals surface area contributed by atoms with E-state index in [0.29, 0.717) is 6.04 Å². The molecule has 96 valence electrons. The second kappa shape index (κ2) is 7.72. The molecule has 0 fully saturated rings. The molecule has 1 rings (SSSR count). The molecule has 0 heterocycles. The molecule has 17 heavy (non-hydrogen) atoms. The second-order valence-corrected chi connectivity index (χ2v) is 5.09. The Bertz CT molecular complexity index is 341. The fourth-order valence-electron chi connectivity index (χ4n) is 1.83. The molecule has 1 N–H and O–H groups in total. The lowest BCUT2D eigenvalue weighted by Crippen LogP contribution is -2.31. The van der Waals surface area contributed by atoms with Crippen LogP contribution in [0.3, 0.4) is 0 Å². The quantitative estimate of drug-likeness (QED) is 0.827. The molecule has 0 saturated carbocycles. The van der Waals surface area contributed by atoms with Crippen LogP contribution in [0.15, 0.2) is 22.7 Å². The Hall–Kier alpha value is -0.540. The van der Waals surface area contributed by atoms with Gasteiger partial charge in [-0.15, -0.1) is 0 Å². The summed E-state index contributed by atoms with van der Waals surface area (Å²) in [6, 6.07) is 6.87. The molecular formula is C14H22BrNO. The van der Waals surface area contributed by atoms with Crippen LogP contribution in [0.2, 0.25) is 0 Å². The van der Waals surface area contributed by atoms with Gasteiger partial charge in [0.15, 0.2) is 0 Å². The number of benzene rings is 1. The van der Waals surface area contributed by atoms with Crippen LogP contribution in [0.5, 0.6) is 5.75 Å². The van der Waals surface area contributed by atoms with Crippen LogP contribution in [0, 0.1) is 0 Å². The predicted molar refractivity (Wildman–Crippen MR) is 76.8 cm³/mol. The number of rotatable bonds is 7. The van der Waals surface area contributed by atoms with Crippen molar-refractivity contribution in [3.63, 3.8) is 0 Å². The Balaban J connectivity index is 2.63. The summed E-state index contributed by atoms with van der Waals surface area (Å²) in [6.45, 7) is 5.52. The second-order valence-electron chi connectivity index (χ2n) is 4.23. The van der Waals surface area contributed by atoms with E-state index in [1.54, 1.807) is 7.11 Å². The van der Waals surface area contributed by atoms with Crippen molar-refractivity contribution in [2.75, 3.05) is 13.7 Å². The predicted octanol–water partition coefficient (Wildman–Crippen LogP) is 3.78. The minimum Gasteiger partial charge on any atom is -0.496 e. The molecule has 3 heteroatoms. The van der Waals surface area contributed by atoms with Gasteiger partial charge in [0.2, 0.25) is 0 Å². The lowest BCUT2D eigenvalue weighted by molar-refractivity contribution is 0.411. The van der Waals surface area contributed by atoms with E-state index < -0.39 is 0 Å². The molecule has 0 aliphatic carbocycles. The van der Waals surface area contributed by atoms with E-state index in [0.717, 1.165) is 29.6 Å². The van der Waals surface area contributed by atoms with Crippen LogP contribution in [0.4, 0.5) is 0 Å². The number of methoxy groups -OCH3 is 1. The van der Waals surface area contributed by atoms with Gasteiger partial charge in [0.25, 0.3) is 0 Å². The summed E-state index contributed by atoms with van der Waals surface area (Å²) < 4.78 is 6.26. The average Bonchev–Trinajstić information content (AvgIpc) is 2.34. The molecule has 0 saturated heterocycles. The third-order valence-electron chi connectivity index (χ3n) is 2.87. The summed E-state index contributed by atoms with van der Waals surface area (Å²) in [6.07, 6.45) is 3.41. The van der Waals surface area contributed by atoms with Gasteiger partial charge in [-0.05, 0) is 59.4 Å². The summed E-state index contributed by atoms with van der Waals surface area (Å²) in [5.41, 5.74) is 1.34. The third-order valence-corrected chi connectivity index (χ3v) is 3.49. The lowest BCUT2D eigenvalue weighted by atomic mass is 10.0. The summed E-state index contributed by atoms with van der Waals surface area (Å²) in [5.74, 6) is 0.892. The summed E-state index contributed by atoms with van der Waals surface area (Å²) in [7, 11) is 1.69. The van der Waals surface area contributed by atoms with Gasteiger partial charge in [0.05, 0.1) is 11.6 Å². The number of hydrogen-bond acceptors (Lipinski definition) is 2. The first-order chi connectivity index (χ1) is 8.21. The fourth-order valence-corrected chi connectivity index (χ4v) is 2.42. The van der Waals surface area contributed by atoms with Gasteiger partial charge in [0.1, 0.15) is 5.75 Å². The van der Waals surface area contributed by atoms with Crippen molar-refractivity contribution in [3.05, 3.63) is 28.2 Å². The molecular weight excluding hydrogens is 278 g/mol. The summed E-state index contributed by atoms with van der Waals surface area (Å²) >= 11 is 3.53. The van der Waals surface area contributed by atoms with Crippen LogP contribution >= 0.6 is 15.9 Å². The molecule has 0 radical (unpaired) electrons. The van der Waals surface area contributed by atoms with E-state index in [1.165, 1.54) is 12.0 Å². The molecule has 1 aromatic rings. The topological polar surface area (TPSA) is 21.3 Å². The van der Waals surface area contributed by atoms with Crippen LogP contribution in [-0.2, 0) is 6.42 Å². The van der Waals surface area contributed by atoms with Crippen molar-refractivity contribution >= 4 is 15.9 Å². The molecule has 1 unspecified atom stereocenters. The van der Waals surface area contributed by atoms with Gasteiger partial charge < -0.3 is 10.1 Å². The number of ether oxygens (including phenoxy) is 1. The normalized spacial score (nSPS) is 12.5. The first kappa shape index (κ1) is 14.5. The molecule has 0 aromatic heterocycles. The Morgan fingerprint density at radius 3 is 2.65 bits per heavy atom. The minimum absolute atomic E-state index is 0.565. The summed E-state index contributed by atoms with van der Waals surface area (Å²) in [4.78, 5) is 0. The smallest absolute Gasteiger partial charge is 0.133 e. The highest BCUT2D eigenvalue weighted by atomic mass is 79.9. The van der Waals surface area contributed by atoms with Gasteiger partial charge in [-0.2, -0.15) is 0 Å². The fraction of sp³-hybridized carbons (Fsp3) is 0.571. The van der Waals surface area contributed by atoms with Gasteiger partial charge in [-0.1, -0.05) is 19.9 Å². The Morgan fingerprint density at radius 2 is 2.12 bits per heavy atom. The maximum atomic E-state index is 5.23. The highest BCUT2D eigenvalue weighted by molar-refractivity contribution is 9.10. The zero-order valence-electron chi connectivity index (χ0n) is 10.9. The highest BCUT2D eigenvalue weighted by Gasteiger charge is 2.08. The van der Waals surface area contributed by atoms with Crippen molar-refractivity contribution in [1.82, 2.24) is 5.32 Å². The van der Waals surface area contributed by atoms with Crippen molar-refractivity contribution < 1.29 is 4.74 Å². The highest BCUT2D eigenvalue weighted by Crippen LogP contribution is 2.26. The molecule has 0 aliphatic heterocycles. The van der Waals surface area contributed by atoms with Crippen molar-refractivity contribution in [2.45, 2.75) is 39.2 Å². The number of nitrogens with one attached hydrogen (secondary N) is 1. The number of halogens is 1. The van der Waals surface area contributed by atoms with Crippen molar-refractivity contribution in [2.24, 2.45) is 0 Å². The third kappa shape index (κ3) is 4.68. The van der Waals surface area contributed by atoms with Crippen LogP contribution in [-0.4, -0.2) is 19.7 Å². The van der Waals surface area contributed by atoms with Gasteiger partial charge in [0, 0.05) is 6.04 Å². The van der Waals surface area contributed by atoms with E-state index >= 15 is 0 Å². The van der Waals surface area contributed by atoms with Crippen molar-refractivity contribution in [1.29, 1.82) is 0 Å². The molecule has 0 bridgehead atoms. The van der Waals surface area contributed by atoms with Crippen LogP contribution in [0.1, 0.15) is 32.3 Å². The van der Waals surface area contributed by atoms with E-state index in [1.807, 2.05) is 6.07 Å². The largest absolute Gasteiger partial charge is 0.496 e. The standard InChI is InChI=1S/C14H22BrNO/c1-4-8-16-12(5-2)9-11-6-7-14(17-3)13(15)10-11/h6-7,10,12,16H,4-5,8-9H2,1-3H3. The molecule has 0 amide bonds.